The summed E-state index contributed by atoms with van der Waals surface area (Å²) < 4.78 is 23.0. The maximum absolute atomic E-state index is 12.6. The summed E-state index contributed by atoms with van der Waals surface area (Å²) in [6.07, 6.45) is 1.46. The highest BCUT2D eigenvalue weighted by molar-refractivity contribution is 7.99. The van der Waals surface area contributed by atoms with E-state index in [9.17, 15) is 9.59 Å². The van der Waals surface area contributed by atoms with Gasteiger partial charge < -0.3 is 18.9 Å². The van der Waals surface area contributed by atoms with Crippen molar-refractivity contribution in [3.05, 3.63) is 72.3 Å². The highest BCUT2D eigenvalue weighted by Gasteiger charge is 2.19. The van der Waals surface area contributed by atoms with Gasteiger partial charge in [-0.1, -0.05) is 30.0 Å². The summed E-state index contributed by atoms with van der Waals surface area (Å²) in [5, 5.41) is 13.3. The molecule has 11 nitrogen and oxygen atoms in total. The van der Waals surface area contributed by atoms with Crippen molar-refractivity contribution in [1.82, 2.24) is 20.2 Å². The van der Waals surface area contributed by atoms with Crippen molar-refractivity contribution in [2.75, 3.05) is 27.1 Å². The summed E-state index contributed by atoms with van der Waals surface area (Å²) in [6, 6.07) is 20.0. The fourth-order valence-electron chi connectivity index (χ4n) is 3.68. The third-order valence-electron chi connectivity index (χ3n) is 5.47. The Balaban J connectivity index is 1.48. The number of hydrogen-bond donors (Lipinski definition) is 1. The van der Waals surface area contributed by atoms with E-state index in [0.717, 1.165) is 11.3 Å². The first-order chi connectivity index (χ1) is 19.4. The predicted molar refractivity (Wildman–Crippen MR) is 151 cm³/mol. The molecule has 0 atom stereocenters. The number of aromatic nitrogens is 3. The van der Waals surface area contributed by atoms with E-state index >= 15 is 0 Å². The standard InChI is InChI=1S/C28H27N5O6S/c1-18(34)39-23-12-10-19(14-24(23)37-3)16-29-30-26(35)17-40-28-32-31-27(33(28)21-8-6-5-7-9-21)20-11-13-22(36-2)25(15-20)38-4/h5-16H,17H2,1-4H3,(H,30,35). The molecule has 0 fully saturated rings. The highest BCUT2D eigenvalue weighted by atomic mass is 32.2. The molecule has 0 saturated carbocycles. The van der Waals surface area contributed by atoms with Crippen LogP contribution in [0, 0.1) is 0 Å². The number of methoxy groups -OCH3 is 3. The first-order valence-electron chi connectivity index (χ1n) is 12.0. The number of thioether (sulfide) groups is 1. The number of benzene rings is 3. The molecule has 3 aromatic carbocycles. The van der Waals surface area contributed by atoms with Gasteiger partial charge in [0.1, 0.15) is 0 Å². The van der Waals surface area contributed by atoms with Gasteiger partial charge in [0.05, 0.1) is 33.3 Å². The lowest BCUT2D eigenvalue weighted by atomic mass is 10.2. The van der Waals surface area contributed by atoms with E-state index in [1.54, 1.807) is 38.5 Å². The fourth-order valence-corrected chi connectivity index (χ4v) is 4.42. The number of ether oxygens (including phenoxy) is 4. The summed E-state index contributed by atoms with van der Waals surface area (Å²) in [6.45, 7) is 1.31. The van der Waals surface area contributed by atoms with Crippen LogP contribution in [0.15, 0.2) is 77.0 Å². The SMILES string of the molecule is COc1ccc(-c2nnc(SCC(=O)NN=Cc3ccc(OC(C)=O)c(OC)c3)n2-c2ccccc2)cc1OC. The van der Waals surface area contributed by atoms with Gasteiger partial charge >= 0.3 is 5.97 Å². The molecule has 1 N–H and O–H groups in total. The van der Waals surface area contributed by atoms with Crippen molar-refractivity contribution in [1.29, 1.82) is 0 Å². The topological polar surface area (TPSA) is 126 Å². The van der Waals surface area contributed by atoms with Gasteiger partial charge in [0, 0.05) is 18.2 Å². The van der Waals surface area contributed by atoms with Crippen LogP contribution < -0.4 is 24.4 Å². The Kier molecular flexibility index (Phi) is 9.36. The van der Waals surface area contributed by atoms with Crippen LogP contribution in [0.25, 0.3) is 17.1 Å². The monoisotopic (exact) mass is 561 g/mol. The smallest absolute Gasteiger partial charge is 0.308 e. The van der Waals surface area contributed by atoms with Crippen molar-refractivity contribution in [2.45, 2.75) is 12.1 Å². The first-order valence-corrected chi connectivity index (χ1v) is 13.0. The minimum absolute atomic E-state index is 0.0446. The normalized spacial score (nSPS) is 10.8. The quantitative estimate of drug-likeness (QED) is 0.0946. The van der Waals surface area contributed by atoms with Gasteiger partial charge in [-0.25, -0.2) is 5.43 Å². The lowest BCUT2D eigenvalue weighted by molar-refractivity contribution is -0.132. The Morgan fingerprint density at radius 3 is 2.30 bits per heavy atom. The van der Waals surface area contributed by atoms with E-state index in [0.29, 0.717) is 39.5 Å². The number of hydrazone groups is 1. The van der Waals surface area contributed by atoms with Gasteiger partial charge in [0.25, 0.3) is 5.91 Å². The number of amides is 1. The molecule has 0 aliphatic carbocycles. The average molecular weight is 562 g/mol. The molecule has 0 unspecified atom stereocenters. The largest absolute Gasteiger partial charge is 0.493 e. The third-order valence-corrected chi connectivity index (χ3v) is 6.40. The molecule has 1 aromatic heterocycles. The number of para-hydroxylation sites is 1. The molecule has 4 rings (SSSR count). The van der Waals surface area contributed by atoms with Crippen molar-refractivity contribution >= 4 is 29.9 Å². The summed E-state index contributed by atoms with van der Waals surface area (Å²) in [4.78, 5) is 23.8. The zero-order valence-corrected chi connectivity index (χ0v) is 23.1. The molecule has 0 radical (unpaired) electrons. The molecule has 0 saturated heterocycles. The van der Waals surface area contributed by atoms with Crippen LogP contribution in [-0.2, 0) is 9.59 Å². The van der Waals surface area contributed by atoms with Gasteiger partial charge in [-0.3, -0.25) is 14.2 Å². The second kappa shape index (κ2) is 13.3. The Morgan fingerprint density at radius 1 is 0.900 bits per heavy atom. The number of carbonyl (C=O) groups excluding carboxylic acids is 2. The van der Waals surface area contributed by atoms with Gasteiger partial charge in [0.15, 0.2) is 34.0 Å². The van der Waals surface area contributed by atoms with E-state index in [4.69, 9.17) is 18.9 Å². The van der Waals surface area contributed by atoms with Crippen molar-refractivity contribution in [2.24, 2.45) is 5.10 Å². The first kappa shape index (κ1) is 28.2. The maximum Gasteiger partial charge on any atom is 0.308 e. The summed E-state index contributed by atoms with van der Waals surface area (Å²) >= 11 is 1.22. The van der Waals surface area contributed by atoms with Crippen LogP contribution in [0.5, 0.6) is 23.0 Å². The van der Waals surface area contributed by atoms with Crippen LogP contribution in [0.1, 0.15) is 12.5 Å². The van der Waals surface area contributed by atoms with Crippen molar-refractivity contribution in [3.63, 3.8) is 0 Å². The Bertz CT molecular complexity index is 1520. The van der Waals surface area contributed by atoms with Crippen molar-refractivity contribution < 1.29 is 28.5 Å². The Morgan fingerprint density at radius 2 is 1.60 bits per heavy atom. The van der Waals surface area contributed by atoms with Gasteiger partial charge in [0.2, 0.25) is 0 Å². The summed E-state index contributed by atoms with van der Waals surface area (Å²) in [5.74, 6) is 1.66. The highest BCUT2D eigenvalue weighted by Crippen LogP contribution is 2.34. The van der Waals surface area contributed by atoms with Crippen molar-refractivity contribution in [3.8, 4) is 40.1 Å². The molecule has 0 aliphatic heterocycles. The van der Waals surface area contributed by atoms with Crippen LogP contribution in [0.3, 0.4) is 0 Å². The molecule has 12 heteroatoms. The summed E-state index contributed by atoms with van der Waals surface area (Å²) in [5.41, 5.74) is 4.76. The van der Waals surface area contributed by atoms with Gasteiger partial charge in [-0.2, -0.15) is 5.10 Å². The van der Waals surface area contributed by atoms with E-state index in [1.165, 1.54) is 32.0 Å². The molecule has 0 bridgehead atoms. The van der Waals surface area contributed by atoms with E-state index in [2.05, 4.69) is 20.7 Å². The zero-order chi connectivity index (χ0) is 28.5. The third kappa shape index (κ3) is 6.77. The van der Waals surface area contributed by atoms with Crippen LogP contribution >= 0.6 is 11.8 Å². The minimum Gasteiger partial charge on any atom is -0.493 e. The second-order valence-electron chi connectivity index (χ2n) is 8.13. The molecular formula is C28H27N5O6S. The van der Waals surface area contributed by atoms with E-state index < -0.39 is 5.97 Å². The van der Waals surface area contributed by atoms with Crippen LogP contribution in [-0.4, -0.2) is 59.9 Å². The minimum atomic E-state index is -0.455. The number of esters is 1. The van der Waals surface area contributed by atoms with E-state index in [-0.39, 0.29) is 11.7 Å². The van der Waals surface area contributed by atoms with E-state index in [1.807, 2.05) is 47.0 Å². The molecule has 1 amide bonds. The number of rotatable bonds is 11. The molecule has 0 aliphatic rings. The van der Waals surface area contributed by atoms with Gasteiger partial charge in [-0.15, -0.1) is 10.2 Å². The maximum atomic E-state index is 12.6. The molecule has 1 heterocycles. The predicted octanol–water partition coefficient (Wildman–Crippen LogP) is 4.13. The molecule has 0 spiro atoms. The molecule has 40 heavy (non-hydrogen) atoms. The Labute approximate surface area is 235 Å². The lowest BCUT2D eigenvalue weighted by Gasteiger charge is -2.12. The zero-order valence-electron chi connectivity index (χ0n) is 22.3. The number of carbonyl (C=O) groups is 2. The molecular weight excluding hydrogens is 534 g/mol. The lowest BCUT2D eigenvalue weighted by Crippen LogP contribution is -2.20. The fraction of sp³-hybridized carbons (Fsp3) is 0.179. The molecule has 4 aromatic rings. The van der Waals surface area contributed by atoms with Crippen LogP contribution in [0.4, 0.5) is 0 Å². The molecule has 206 valence electrons. The van der Waals surface area contributed by atoms with Gasteiger partial charge in [-0.05, 0) is 54.1 Å². The summed E-state index contributed by atoms with van der Waals surface area (Å²) in [7, 11) is 4.61. The number of hydrogen-bond acceptors (Lipinski definition) is 10. The average Bonchev–Trinajstić information content (AvgIpc) is 3.40. The number of nitrogens with zero attached hydrogens (tertiary/aromatic N) is 4. The second-order valence-corrected chi connectivity index (χ2v) is 9.08. The van der Waals surface area contributed by atoms with Crippen LogP contribution in [0.2, 0.25) is 0 Å². The number of nitrogens with one attached hydrogen (secondary N) is 1. The Hall–Kier alpha value is -4.84.